The zero-order valence-electron chi connectivity index (χ0n) is 11.4. The molecule has 5 nitrogen and oxygen atoms in total. The summed E-state index contributed by atoms with van der Waals surface area (Å²) in [5.74, 6) is 0.335. The van der Waals surface area contributed by atoms with Gasteiger partial charge in [0.1, 0.15) is 5.76 Å². The third-order valence-electron chi connectivity index (χ3n) is 3.41. The minimum absolute atomic E-state index is 0.0280. The molecule has 1 amide bonds. The van der Waals surface area contributed by atoms with Crippen LogP contribution in [0.15, 0.2) is 16.5 Å². The topological polar surface area (TPSA) is 71.5 Å². The van der Waals surface area contributed by atoms with Crippen LogP contribution in [0.1, 0.15) is 22.7 Å². The molecule has 1 saturated heterocycles. The van der Waals surface area contributed by atoms with Gasteiger partial charge >= 0.3 is 6.18 Å². The van der Waals surface area contributed by atoms with E-state index in [4.69, 9.17) is 10.2 Å². The average Bonchev–Trinajstić information content (AvgIpc) is 3.02. The minimum Gasteiger partial charge on any atom is -0.455 e. The molecule has 1 aromatic heterocycles. The smallest absolute Gasteiger partial charge is 0.401 e. The number of carbonyl (C=O) groups is 1. The lowest BCUT2D eigenvalue weighted by molar-refractivity contribution is -0.143. The van der Waals surface area contributed by atoms with Gasteiger partial charge in [-0.2, -0.15) is 13.2 Å². The van der Waals surface area contributed by atoms with E-state index < -0.39 is 12.7 Å². The fourth-order valence-corrected chi connectivity index (χ4v) is 2.41. The third kappa shape index (κ3) is 4.75. The summed E-state index contributed by atoms with van der Waals surface area (Å²) in [6, 6.07) is 3.15. The fourth-order valence-electron chi connectivity index (χ4n) is 2.41. The second-order valence-corrected chi connectivity index (χ2v) is 5.19. The van der Waals surface area contributed by atoms with Crippen molar-refractivity contribution in [3.8, 4) is 0 Å². The van der Waals surface area contributed by atoms with Gasteiger partial charge in [0.25, 0.3) is 5.91 Å². The maximum Gasteiger partial charge on any atom is 0.401 e. The van der Waals surface area contributed by atoms with Gasteiger partial charge in [-0.15, -0.1) is 0 Å². The number of nitrogens with two attached hydrogens (primary N) is 1. The molecule has 2 rings (SSSR count). The lowest BCUT2D eigenvalue weighted by Gasteiger charge is -2.17. The summed E-state index contributed by atoms with van der Waals surface area (Å²) in [5.41, 5.74) is 5.38. The standard InChI is InChI=1S/C13H18F3N3O2/c14-13(15,16)8-19-4-3-9(7-19)6-18-12(20)11-2-1-10(5-17)21-11/h1-2,9H,3-8,17H2,(H,18,20). The summed E-state index contributed by atoms with van der Waals surface area (Å²) in [7, 11) is 0. The lowest BCUT2D eigenvalue weighted by Crippen LogP contribution is -2.34. The molecule has 8 heteroatoms. The van der Waals surface area contributed by atoms with E-state index >= 15 is 0 Å². The van der Waals surface area contributed by atoms with E-state index in [-0.39, 0.29) is 24.1 Å². The maximum atomic E-state index is 12.3. The van der Waals surface area contributed by atoms with Crippen LogP contribution in [0, 0.1) is 5.92 Å². The van der Waals surface area contributed by atoms with Crippen LogP contribution in [-0.2, 0) is 6.54 Å². The molecule has 1 fully saturated rings. The molecular formula is C13H18F3N3O2. The van der Waals surface area contributed by atoms with Gasteiger partial charge in [0.15, 0.2) is 5.76 Å². The Hall–Kier alpha value is -1.54. The zero-order valence-corrected chi connectivity index (χ0v) is 11.4. The van der Waals surface area contributed by atoms with E-state index in [0.717, 1.165) is 0 Å². The third-order valence-corrected chi connectivity index (χ3v) is 3.41. The number of furan rings is 1. The number of carbonyl (C=O) groups excluding carboxylic acids is 1. The quantitative estimate of drug-likeness (QED) is 0.861. The van der Waals surface area contributed by atoms with E-state index in [1.165, 1.54) is 11.0 Å². The highest BCUT2D eigenvalue weighted by Gasteiger charge is 2.34. The molecule has 1 aromatic rings. The van der Waals surface area contributed by atoms with Gasteiger partial charge in [-0.1, -0.05) is 0 Å². The molecule has 21 heavy (non-hydrogen) atoms. The number of nitrogens with one attached hydrogen (secondary N) is 1. The second-order valence-electron chi connectivity index (χ2n) is 5.19. The van der Waals surface area contributed by atoms with Crippen molar-refractivity contribution in [2.75, 3.05) is 26.2 Å². The molecule has 0 bridgehead atoms. The molecule has 0 spiro atoms. The van der Waals surface area contributed by atoms with E-state index in [2.05, 4.69) is 5.32 Å². The molecule has 3 N–H and O–H groups in total. The number of nitrogens with zero attached hydrogens (tertiary/aromatic N) is 1. The van der Waals surface area contributed by atoms with Gasteiger partial charge in [-0.3, -0.25) is 9.69 Å². The van der Waals surface area contributed by atoms with E-state index in [1.807, 2.05) is 0 Å². The van der Waals surface area contributed by atoms with Gasteiger partial charge in [0.05, 0.1) is 13.1 Å². The molecule has 1 atom stereocenters. The molecule has 0 aliphatic carbocycles. The van der Waals surface area contributed by atoms with Crippen molar-refractivity contribution in [3.63, 3.8) is 0 Å². The number of amides is 1. The first-order valence-electron chi connectivity index (χ1n) is 6.73. The maximum absolute atomic E-state index is 12.3. The Bertz CT molecular complexity index is 487. The Morgan fingerprint density at radius 2 is 2.24 bits per heavy atom. The Morgan fingerprint density at radius 3 is 2.86 bits per heavy atom. The molecule has 0 saturated carbocycles. The highest BCUT2D eigenvalue weighted by molar-refractivity contribution is 5.91. The van der Waals surface area contributed by atoms with Crippen molar-refractivity contribution in [2.45, 2.75) is 19.1 Å². The molecule has 1 aliphatic heterocycles. The zero-order chi connectivity index (χ0) is 15.5. The van der Waals surface area contributed by atoms with Crippen LogP contribution in [0.3, 0.4) is 0 Å². The molecule has 0 radical (unpaired) electrons. The summed E-state index contributed by atoms with van der Waals surface area (Å²) in [6.45, 7) is 0.397. The number of likely N-dealkylation sites (tertiary alicyclic amines) is 1. The molecular weight excluding hydrogens is 287 g/mol. The van der Waals surface area contributed by atoms with Crippen LogP contribution in [0.25, 0.3) is 0 Å². The SMILES string of the molecule is NCc1ccc(C(=O)NCC2CCN(CC(F)(F)F)C2)o1. The van der Waals surface area contributed by atoms with Gasteiger partial charge in [-0.25, -0.2) is 0 Å². The summed E-state index contributed by atoms with van der Waals surface area (Å²) < 4.78 is 42.0. The highest BCUT2D eigenvalue weighted by Crippen LogP contribution is 2.22. The Labute approximate surface area is 120 Å². The van der Waals surface area contributed by atoms with Crippen molar-refractivity contribution in [1.29, 1.82) is 0 Å². The molecule has 2 heterocycles. The lowest BCUT2D eigenvalue weighted by atomic mass is 10.1. The normalized spacial score (nSPS) is 19.9. The second kappa shape index (κ2) is 6.48. The van der Waals surface area contributed by atoms with E-state index in [9.17, 15) is 18.0 Å². The molecule has 1 unspecified atom stereocenters. The van der Waals surface area contributed by atoms with Crippen LogP contribution in [0.5, 0.6) is 0 Å². The first kappa shape index (κ1) is 15.8. The van der Waals surface area contributed by atoms with Gasteiger partial charge < -0.3 is 15.5 Å². The van der Waals surface area contributed by atoms with Crippen molar-refractivity contribution in [3.05, 3.63) is 23.7 Å². The summed E-state index contributed by atoms with van der Waals surface area (Å²) in [4.78, 5) is 13.2. The first-order valence-corrected chi connectivity index (χ1v) is 6.73. The summed E-state index contributed by atoms with van der Waals surface area (Å²) in [6.07, 6.45) is -3.53. The van der Waals surface area contributed by atoms with Crippen molar-refractivity contribution in [1.82, 2.24) is 10.2 Å². The highest BCUT2D eigenvalue weighted by atomic mass is 19.4. The largest absolute Gasteiger partial charge is 0.455 e. The van der Waals surface area contributed by atoms with Crippen LogP contribution in [-0.4, -0.2) is 43.2 Å². The van der Waals surface area contributed by atoms with Gasteiger partial charge in [-0.05, 0) is 31.0 Å². The van der Waals surface area contributed by atoms with Gasteiger partial charge in [0.2, 0.25) is 0 Å². The average molecular weight is 305 g/mol. The van der Waals surface area contributed by atoms with Crippen molar-refractivity contribution >= 4 is 5.91 Å². The van der Waals surface area contributed by atoms with E-state index in [1.54, 1.807) is 6.07 Å². The van der Waals surface area contributed by atoms with Crippen LogP contribution in [0.4, 0.5) is 13.2 Å². The number of hydrogen-bond donors (Lipinski definition) is 2. The molecule has 118 valence electrons. The summed E-state index contributed by atoms with van der Waals surface area (Å²) >= 11 is 0. The minimum atomic E-state index is -4.18. The van der Waals surface area contributed by atoms with Crippen molar-refractivity contribution < 1.29 is 22.4 Å². The predicted molar refractivity (Wildman–Crippen MR) is 69.5 cm³/mol. The molecule has 1 aliphatic rings. The van der Waals surface area contributed by atoms with Crippen LogP contribution in [0.2, 0.25) is 0 Å². The van der Waals surface area contributed by atoms with Crippen LogP contribution < -0.4 is 11.1 Å². The monoisotopic (exact) mass is 305 g/mol. The Kier molecular flexibility index (Phi) is 4.89. The fraction of sp³-hybridized carbons (Fsp3) is 0.615. The Balaban J connectivity index is 1.75. The number of halogens is 3. The van der Waals surface area contributed by atoms with Crippen molar-refractivity contribution in [2.24, 2.45) is 11.7 Å². The number of hydrogen-bond acceptors (Lipinski definition) is 4. The summed E-state index contributed by atoms with van der Waals surface area (Å²) in [5, 5.41) is 2.68. The van der Waals surface area contributed by atoms with Gasteiger partial charge in [0, 0.05) is 13.1 Å². The molecule has 0 aromatic carbocycles. The van der Waals surface area contributed by atoms with E-state index in [0.29, 0.717) is 31.8 Å². The Morgan fingerprint density at radius 1 is 1.48 bits per heavy atom. The first-order chi connectivity index (χ1) is 9.87. The number of alkyl halides is 3. The van der Waals surface area contributed by atoms with Crippen LogP contribution >= 0.6 is 0 Å². The predicted octanol–water partition coefficient (Wildman–Crippen LogP) is 1.35. The number of rotatable bonds is 5.